The Balaban J connectivity index is 1.66. The minimum Gasteiger partial charge on any atom is -0.483 e. The molecule has 0 aliphatic heterocycles. The van der Waals surface area contributed by atoms with Crippen LogP contribution in [-0.2, 0) is 10.2 Å². The molecule has 3 aromatic rings. The number of non-ortho nitro benzene ring substituents is 1. The van der Waals surface area contributed by atoms with Crippen LogP contribution in [0.1, 0.15) is 26.3 Å². The molecule has 1 heterocycles. The number of amides is 1. The molecule has 9 heteroatoms. The number of ether oxygens (including phenoxy) is 1. The minimum absolute atomic E-state index is 0.0105. The zero-order chi connectivity index (χ0) is 21.9. The van der Waals surface area contributed by atoms with E-state index in [0.29, 0.717) is 22.1 Å². The van der Waals surface area contributed by atoms with E-state index in [1.54, 1.807) is 17.5 Å². The van der Waals surface area contributed by atoms with Crippen molar-refractivity contribution in [2.75, 3.05) is 11.9 Å². The Morgan fingerprint density at radius 3 is 2.73 bits per heavy atom. The molecule has 1 N–H and O–H groups in total. The first-order valence-electron chi connectivity index (χ1n) is 9.06. The van der Waals surface area contributed by atoms with Gasteiger partial charge in [0, 0.05) is 33.1 Å². The first-order valence-corrected chi connectivity index (χ1v) is 10.7. The van der Waals surface area contributed by atoms with Crippen molar-refractivity contribution in [1.29, 1.82) is 0 Å². The van der Waals surface area contributed by atoms with Crippen LogP contribution in [0.3, 0.4) is 0 Å². The van der Waals surface area contributed by atoms with Gasteiger partial charge in [0.2, 0.25) is 0 Å². The highest BCUT2D eigenvalue weighted by Crippen LogP contribution is 2.33. The van der Waals surface area contributed by atoms with Crippen LogP contribution in [-0.4, -0.2) is 22.4 Å². The Hall–Kier alpha value is -2.78. The van der Waals surface area contributed by atoms with E-state index in [1.807, 2.05) is 18.2 Å². The van der Waals surface area contributed by atoms with E-state index in [1.165, 1.54) is 23.5 Å². The summed E-state index contributed by atoms with van der Waals surface area (Å²) in [5.74, 6) is 0.315. The van der Waals surface area contributed by atoms with Gasteiger partial charge in [-0.2, -0.15) is 0 Å². The molecule has 0 bridgehead atoms. The van der Waals surface area contributed by atoms with Crippen LogP contribution in [0, 0.1) is 10.1 Å². The molecule has 0 fully saturated rings. The Morgan fingerprint density at radius 2 is 2.03 bits per heavy atom. The highest BCUT2D eigenvalue weighted by Gasteiger charge is 2.20. The van der Waals surface area contributed by atoms with Gasteiger partial charge in [-0.1, -0.05) is 48.8 Å². The van der Waals surface area contributed by atoms with E-state index in [-0.39, 0.29) is 23.6 Å². The monoisotopic (exact) mass is 489 g/mol. The lowest BCUT2D eigenvalue weighted by Crippen LogP contribution is -2.22. The lowest BCUT2D eigenvalue weighted by atomic mass is 9.86. The fourth-order valence-corrected chi connectivity index (χ4v) is 3.85. The summed E-state index contributed by atoms with van der Waals surface area (Å²) >= 11 is 4.71. The topological polar surface area (TPSA) is 94.4 Å². The summed E-state index contributed by atoms with van der Waals surface area (Å²) in [7, 11) is 0. The molecule has 2 aromatic carbocycles. The first kappa shape index (κ1) is 21.9. The highest BCUT2D eigenvalue weighted by molar-refractivity contribution is 9.10. The molecule has 3 rings (SSSR count). The Labute approximate surface area is 186 Å². The third-order valence-electron chi connectivity index (χ3n) is 4.21. The molecule has 1 amide bonds. The van der Waals surface area contributed by atoms with Gasteiger partial charge in [0.05, 0.1) is 10.6 Å². The van der Waals surface area contributed by atoms with E-state index in [2.05, 4.69) is 47.0 Å². The third-order valence-corrected chi connectivity index (χ3v) is 5.46. The van der Waals surface area contributed by atoms with Crippen LogP contribution >= 0.6 is 27.3 Å². The summed E-state index contributed by atoms with van der Waals surface area (Å²) in [6.07, 6.45) is 0. The van der Waals surface area contributed by atoms with Crippen LogP contribution in [0.25, 0.3) is 11.3 Å². The summed E-state index contributed by atoms with van der Waals surface area (Å²) in [6, 6.07) is 11.9. The van der Waals surface area contributed by atoms with E-state index in [9.17, 15) is 14.9 Å². The van der Waals surface area contributed by atoms with Crippen molar-refractivity contribution in [3.63, 3.8) is 0 Å². The van der Waals surface area contributed by atoms with Crippen LogP contribution < -0.4 is 10.1 Å². The molecular weight excluding hydrogens is 470 g/mol. The number of benzene rings is 2. The van der Waals surface area contributed by atoms with Crippen molar-refractivity contribution in [2.24, 2.45) is 0 Å². The number of nitro groups is 1. The summed E-state index contributed by atoms with van der Waals surface area (Å²) in [4.78, 5) is 27.2. The fourth-order valence-electron chi connectivity index (χ4n) is 2.76. The lowest BCUT2D eigenvalue weighted by molar-refractivity contribution is -0.384. The van der Waals surface area contributed by atoms with E-state index in [4.69, 9.17) is 4.74 Å². The first-order chi connectivity index (χ1) is 14.1. The van der Waals surface area contributed by atoms with Gasteiger partial charge < -0.3 is 4.74 Å². The SMILES string of the molecule is CC(C)(C)c1cc(Br)ccc1OCC(=O)Nc1nc(-c2cccc([N+](=O)[O-])c2)cs1. The van der Waals surface area contributed by atoms with Crippen LogP contribution in [0.2, 0.25) is 0 Å². The fraction of sp³-hybridized carbons (Fsp3) is 0.238. The van der Waals surface area contributed by atoms with Crippen LogP contribution in [0.5, 0.6) is 5.75 Å². The van der Waals surface area contributed by atoms with Gasteiger partial charge >= 0.3 is 0 Å². The molecule has 7 nitrogen and oxygen atoms in total. The molecule has 0 unspecified atom stereocenters. The summed E-state index contributed by atoms with van der Waals surface area (Å²) in [5.41, 5.74) is 2.01. The number of nitrogens with zero attached hydrogens (tertiary/aromatic N) is 2. The predicted molar refractivity (Wildman–Crippen MR) is 121 cm³/mol. The van der Waals surface area contributed by atoms with E-state index >= 15 is 0 Å². The zero-order valence-electron chi connectivity index (χ0n) is 16.6. The number of hydrogen-bond donors (Lipinski definition) is 1. The summed E-state index contributed by atoms with van der Waals surface area (Å²) < 4.78 is 6.70. The van der Waals surface area contributed by atoms with Gasteiger partial charge in [-0.25, -0.2) is 4.98 Å². The van der Waals surface area contributed by atoms with E-state index < -0.39 is 4.92 Å². The van der Waals surface area contributed by atoms with Gasteiger partial charge in [0.25, 0.3) is 11.6 Å². The van der Waals surface area contributed by atoms with Gasteiger partial charge in [0.15, 0.2) is 11.7 Å². The van der Waals surface area contributed by atoms with Crippen molar-refractivity contribution >= 4 is 44.0 Å². The number of hydrogen-bond acceptors (Lipinski definition) is 6. The summed E-state index contributed by atoms with van der Waals surface area (Å²) in [6.45, 7) is 6.07. The third kappa shape index (κ3) is 5.43. The number of carbonyl (C=O) groups is 1. The molecule has 0 saturated heterocycles. The molecular formula is C21H20BrN3O4S. The normalized spacial score (nSPS) is 11.2. The minimum atomic E-state index is -0.455. The van der Waals surface area contributed by atoms with Crippen molar-refractivity contribution in [3.8, 4) is 17.0 Å². The van der Waals surface area contributed by atoms with Gasteiger partial charge in [-0.05, 0) is 23.6 Å². The Kier molecular flexibility index (Phi) is 6.52. The van der Waals surface area contributed by atoms with Gasteiger partial charge in [-0.3, -0.25) is 20.2 Å². The number of nitro benzene ring substituents is 1. The molecule has 0 aliphatic carbocycles. The predicted octanol–water partition coefficient (Wildman–Crippen LogP) is 5.80. The molecule has 0 atom stereocenters. The van der Waals surface area contributed by atoms with Crippen molar-refractivity contribution in [1.82, 2.24) is 4.98 Å². The zero-order valence-corrected chi connectivity index (χ0v) is 19.0. The number of rotatable bonds is 6. The van der Waals surface area contributed by atoms with Gasteiger partial charge in [-0.15, -0.1) is 11.3 Å². The second-order valence-electron chi connectivity index (χ2n) is 7.57. The molecule has 1 aromatic heterocycles. The molecule has 0 spiro atoms. The largest absolute Gasteiger partial charge is 0.483 e. The van der Waals surface area contributed by atoms with Gasteiger partial charge in [0.1, 0.15) is 5.75 Å². The standard InChI is InChI=1S/C21H20BrN3O4S/c1-21(2,3)16-10-14(22)7-8-18(16)29-11-19(26)24-20-23-17(12-30-20)13-5-4-6-15(9-13)25(27)28/h4-10,12H,11H2,1-3H3,(H,23,24,26). The maximum Gasteiger partial charge on any atom is 0.270 e. The number of thiazole rings is 1. The van der Waals surface area contributed by atoms with Crippen LogP contribution in [0.4, 0.5) is 10.8 Å². The molecule has 156 valence electrons. The Bertz CT molecular complexity index is 1090. The number of anilines is 1. The number of nitrogens with one attached hydrogen (secondary N) is 1. The average Bonchev–Trinajstić information content (AvgIpc) is 3.15. The van der Waals surface area contributed by atoms with Crippen molar-refractivity contribution < 1.29 is 14.5 Å². The second-order valence-corrected chi connectivity index (χ2v) is 9.35. The van der Waals surface area contributed by atoms with Crippen LogP contribution in [0.15, 0.2) is 52.3 Å². The summed E-state index contributed by atoms with van der Waals surface area (Å²) in [5, 5.41) is 15.8. The number of carbonyl (C=O) groups excluding carboxylic acids is 1. The molecule has 30 heavy (non-hydrogen) atoms. The average molecular weight is 490 g/mol. The lowest BCUT2D eigenvalue weighted by Gasteiger charge is -2.23. The number of halogens is 1. The molecule has 0 saturated carbocycles. The second kappa shape index (κ2) is 8.93. The maximum absolute atomic E-state index is 12.3. The molecule has 0 radical (unpaired) electrons. The highest BCUT2D eigenvalue weighted by atomic mass is 79.9. The quantitative estimate of drug-likeness (QED) is 0.348. The van der Waals surface area contributed by atoms with Crippen molar-refractivity contribution in [2.45, 2.75) is 26.2 Å². The smallest absolute Gasteiger partial charge is 0.270 e. The molecule has 0 aliphatic rings. The Morgan fingerprint density at radius 1 is 1.27 bits per heavy atom. The van der Waals surface area contributed by atoms with E-state index in [0.717, 1.165) is 10.0 Å². The van der Waals surface area contributed by atoms with Crippen molar-refractivity contribution in [3.05, 3.63) is 68.0 Å². The maximum atomic E-state index is 12.3. The number of aromatic nitrogens is 1.